The van der Waals surface area contributed by atoms with Gasteiger partial charge in [0.25, 0.3) is 10.2 Å². The van der Waals surface area contributed by atoms with Gasteiger partial charge in [-0.1, -0.05) is 6.92 Å². The normalized spacial score (nSPS) is 28.5. The summed E-state index contributed by atoms with van der Waals surface area (Å²) in [5.41, 5.74) is 0. The highest BCUT2D eigenvalue weighted by molar-refractivity contribution is 7.87. The summed E-state index contributed by atoms with van der Waals surface area (Å²) in [6.07, 6.45) is 0. The Hall–Kier alpha value is 0.120. The van der Waals surface area contributed by atoms with Gasteiger partial charge in [0.1, 0.15) is 0 Å². The van der Waals surface area contributed by atoms with Gasteiger partial charge in [0.05, 0.1) is 0 Å². The summed E-state index contributed by atoms with van der Waals surface area (Å²) in [5.74, 6) is 0. The SMILES string of the molecule is CCNS(=O)(=O)N1CC(C)NC(C)C1.Cl. The minimum Gasteiger partial charge on any atom is -0.309 e. The molecule has 5 nitrogen and oxygen atoms in total. The van der Waals surface area contributed by atoms with Crippen molar-refractivity contribution in [3.05, 3.63) is 0 Å². The van der Waals surface area contributed by atoms with E-state index >= 15 is 0 Å². The molecule has 0 aliphatic carbocycles. The molecule has 7 heteroatoms. The van der Waals surface area contributed by atoms with Crippen molar-refractivity contribution in [3.63, 3.8) is 0 Å². The molecule has 1 rings (SSSR count). The van der Waals surface area contributed by atoms with Crippen LogP contribution < -0.4 is 10.0 Å². The smallest absolute Gasteiger partial charge is 0.279 e. The van der Waals surface area contributed by atoms with Gasteiger partial charge in [-0.15, -0.1) is 12.4 Å². The number of halogens is 1. The van der Waals surface area contributed by atoms with Gasteiger partial charge in [-0.25, -0.2) is 4.72 Å². The maximum Gasteiger partial charge on any atom is 0.279 e. The highest BCUT2D eigenvalue weighted by atomic mass is 35.5. The fourth-order valence-corrected chi connectivity index (χ4v) is 3.13. The zero-order valence-electron chi connectivity index (χ0n) is 9.36. The van der Waals surface area contributed by atoms with Crippen LogP contribution in [0.1, 0.15) is 20.8 Å². The minimum absolute atomic E-state index is 0. The predicted octanol–water partition coefficient (Wildman–Crippen LogP) is -0.0553. The number of nitrogens with zero attached hydrogens (tertiary/aromatic N) is 1. The van der Waals surface area contributed by atoms with Crippen LogP contribution in [0.2, 0.25) is 0 Å². The Kier molecular flexibility index (Phi) is 6.05. The summed E-state index contributed by atoms with van der Waals surface area (Å²) in [4.78, 5) is 0. The van der Waals surface area contributed by atoms with Crippen LogP contribution in [0.15, 0.2) is 0 Å². The first-order valence-corrected chi connectivity index (χ1v) is 6.40. The molecule has 0 aromatic rings. The van der Waals surface area contributed by atoms with Gasteiger partial charge >= 0.3 is 0 Å². The Morgan fingerprint density at radius 2 is 1.80 bits per heavy atom. The molecule has 0 spiro atoms. The van der Waals surface area contributed by atoms with E-state index in [0.29, 0.717) is 19.6 Å². The predicted molar refractivity (Wildman–Crippen MR) is 63.5 cm³/mol. The Morgan fingerprint density at radius 3 is 2.20 bits per heavy atom. The number of rotatable bonds is 3. The van der Waals surface area contributed by atoms with Gasteiger partial charge in [0.15, 0.2) is 0 Å². The second kappa shape index (κ2) is 6.00. The first-order valence-electron chi connectivity index (χ1n) is 4.96. The van der Waals surface area contributed by atoms with Crippen LogP contribution in [0, 0.1) is 0 Å². The standard InChI is InChI=1S/C8H19N3O2S.ClH/c1-4-9-14(12,13)11-5-7(2)10-8(3)6-11;/h7-10H,4-6H2,1-3H3;1H. The van der Waals surface area contributed by atoms with E-state index in [0.717, 1.165) is 0 Å². The van der Waals surface area contributed by atoms with Gasteiger partial charge in [0.2, 0.25) is 0 Å². The van der Waals surface area contributed by atoms with E-state index in [1.807, 2.05) is 13.8 Å². The van der Waals surface area contributed by atoms with E-state index in [-0.39, 0.29) is 24.5 Å². The summed E-state index contributed by atoms with van der Waals surface area (Å²) in [7, 11) is -3.26. The van der Waals surface area contributed by atoms with E-state index in [9.17, 15) is 8.42 Å². The second-order valence-corrected chi connectivity index (χ2v) is 5.54. The number of hydrogen-bond acceptors (Lipinski definition) is 3. The molecule has 15 heavy (non-hydrogen) atoms. The zero-order valence-corrected chi connectivity index (χ0v) is 11.0. The number of hydrogen-bond donors (Lipinski definition) is 2. The molecule has 92 valence electrons. The average molecular weight is 258 g/mol. The van der Waals surface area contributed by atoms with Gasteiger partial charge in [-0.2, -0.15) is 12.7 Å². The fourth-order valence-electron chi connectivity index (χ4n) is 1.75. The Labute approximate surface area is 98.2 Å². The summed E-state index contributed by atoms with van der Waals surface area (Å²) in [6.45, 7) is 7.29. The van der Waals surface area contributed by atoms with Gasteiger partial charge in [-0.3, -0.25) is 0 Å². The maximum absolute atomic E-state index is 11.7. The van der Waals surface area contributed by atoms with Crippen molar-refractivity contribution in [2.24, 2.45) is 0 Å². The Bertz CT molecular complexity index is 274. The lowest BCUT2D eigenvalue weighted by atomic mass is 10.2. The monoisotopic (exact) mass is 257 g/mol. The fraction of sp³-hybridized carbons (Fsp3) is 1.00. The largest absolute Gasteiger partial charge is 0.309 e. The molecular weight excluding hydrogens is 238 g/mol. The van der Waals surface area contributed by atoms with Crippen LogP contribution in [0.4, 0.5) is 0 Å². The van der Waals surface area contributed by atoms with E-state index in [2.05, 4.69) is 10.0 Å². The third kappa shape index (κ3) is 4.24. The molecule has 1 saturated heterocycles. The second-order valence-electron chi connectivity index (χ2n) is 3.79. The lowest BCUT2D eigenvalue weighted by Crippen LogP contribution is -2.57. The molecule has 2 atom stereocenters. The molecular formula is C8H20ClN3O2S. The topological polar surface area (TPSA) is 61.4 Å². The third-order valence-electron chi connectivity index (χ3n) is 2.19. The molecule has 0 radical (unpaired) electrons. The quantitative estimate of drug-likeness (QED) is 0.745. The van der Waals surface area contributed by atoms with Gasteiger partial charge < -0.3 is 5.32 Å². The lowest BCUT2D eigenvalue weighted by molar-refractivity contribution is 0.260. The lowest BCUT2D eigenvalue weighted by Gasteiger charge is -2.35. The molecule has 0 saturated carbocycles. The first kappa shape index (κ1) is 15.1. The molecule has 2 unspecified atom stereocenters. The van der Waals surface area contributed by atoms with E-state index < -0.39 is 10.2 Å². The number of nitrogens with one attached hydrogen (secondary N) is 2. The van der Waals surface area contributed by atoms with Crippen molar-refractivity contribution < 1.29 is 8.42 Å². The third-order valence-corrected chi connectivity index (χ3v) is 3.82. The van der Waals surface area contributed by atoms with Crippen molar-refractivity contribution in [2.45, 2.75) is 32.9 Å². The van der Waals surface area contributed by atoms with E-state index in [1.54, 1.807) is 6.92 Å². The number of piperazine rings is 1. The molecule has 0 bridgehead atoms. The van der Waals surface area contributed by atoms with Crippen molar-refractivity contribution in [2.75, 3.05) is 19.6 Å². The van der Waals surface area contributed by atoms with E-state index in [4.69, 9.17) is 0 Å². The molecule has 1 aliphatic heterocycles. The van der Waals surface area contributed by atoms with Crippen LogP contribution >= 0.6 is 12.4 Å². The van der Waals surface area contributed by atoms with Crippen LogP contribution in [-0.2, 0) is 10.2 Å². The minimum atomic E-state index is -3.26. The molecule has 0 amide bonds. The molecule has 2 N–H and O–H groups in total. The van der Waals surface area contributed by atoms with Crippen molar-refractivity contribution in [3.8, 4) is 0 Å². The summed E-state index contributed by atoms with van der Waals surface area (Å²) < 4.78 is 27.3. The van der Waals surface area contributed by atoms with Gasteiger partial charge in [0, 0.05) is 31.7 Å². The molecule has 0 aromatic heterocycles. The zero-order chi connectivity index (χ0) is 10.8. The highest BCUT2D eigenvalue weighted by Gasteiger charge is 2.29. The molecule has 1 heterocycles. The average Bonchev–Trinajstić information content (AvgIpc) is 2.02. The summed E-state index contributed by atoms with van der Waals surface area (Å²) in [6, 6.07) is 0.430. The van der Waals surface area contributed by atoms with E-state index in [1.165, 1.54) is 4.31 Å². The summed E-state index contributed by atoms with van der Waals surface area (Å²) in [5, 5.41) is 3.29. The van der Waals surface area contributed by atoms with Crippen molar-refractivity contribution in [1.82, 2.24) is 14.3 Å². The van der Waals surface area contributed by atoms with Crippen LogP contribution in [-0.4, -0.2) is 44.4 Å². The van der Waals surface area contributed by atoms with Crippen LogP contribution in [0.5, 0.6) is 0 Å². The Morgan fingerprint density at radius 1 is 1.33 bits per heavy atom. The summed E-state index contributed by atoms with van der Waals surface area (Å²) >= 11 is 0. The van der Waals surface area contributed by atoms with Gasteiger partial charge in [-0.05, 0) is 13.8 Å². The van der Waals surface area contributed by atoms with Crippen LogP contribution in [0.25, 0.3) is 0 Å². The first-order chi connectivity index (χ1) is 6.45. The van der Waals surface area contributed by atoms with Crippen LogP contribution in [0.3, 0.4) is 0 Å². The molecule has 1 aliphatic rings. The van der Waals surface area contributed by atoms with Crippen molar-refractivity contribution in [1.29, 1.82) is 0 Å². The van der Waals surface area contributed by atoms with Crippen molar-refractivity contribution >= 4 is 22.6 Å². The molecule has 0 aromatic carbocycles. The molecule has 1 fully saturated rings. The maximum atomic E-state index is 11.7. The highest BCUT2D eigenvalue weighted by Crippen LogP contribution is 2.07. The Balaban J connectivity index is 0.00000196.